The molecule has 0 radical (unpaired) electrons. The number of hydrogen-bond donors (Lipinski definition) is 0. The van der Waals surface area contributed by atoms with Crippen molar-refractivity contribution in [3.05, 3.63) is 74.9 Å². The van der Waals surface area contributed by atoms with E-state index in [1.165, 1.54) is 51.4 Å². The maximum Gasteiger partial charge on any atom is 2.00 e. The van der Waals surface area contributed by atoms with E-state index in [1.54, 1.807) is 0 Å². The van der Waals surface area contributed by atoms with Gasteiger partial charge in [-0.15, -0.1) is 0 Å². The van der Waals surface area contributed by atoms with E-state index in [4.69, 9.17) is 18.9 Å². The maximum absolute atomic E-state index is 4.94. The molecular weight excluding hydrogens is 1050 g/mol. The fraction of sp³-hybridized carbons (Fsp3) is 0.727. The zero-order valence-electron chi connectivity index (χ0n) is 42.3. The molecule has 350 valence electrons. The van der Waals surface area contributed by atoms with Gasteiger partial charge < -0.3 is 103 Å². The molecule has 0 spiro atoms. The Bertz CT molecular complexity index is 1410. The molecule has 12 nitrogen and oxygen atoms in total. The van der Waals surface area contributed by atoms with Crippen molar-refractivity contribution in [1.82, 2.24) is 18.3 Å². The minimum atomic E-state index is -0.492. The predicted molar refractivity (Wildman–Crippen MR) is 233 cm³/mol. The van der Waals surface area contributed by atoms with Gasteiger partial charge in [0.15, 0.2) is 25.3 Å². The monoisotopic (exact) mass is 1130 g/mol. The fourth-order valence-electron chi connectivity index (χ4n) is 6.06. The Morgan fingerprint density at radius 3 is 0.619 bits per heavy atom. The molecule has 4 fully saturated rings. The average Bonchev–Trinajstić information content (AvgIpc) is 4.02. The summed E-state index contributed by atoms with van der Waals surface area (Å²) in [7, 11) is -0.984. The number of imidazole rings is 4. The van der Waals surface area contributed by atoms with Crippen molar-refractivity contribution in [2.24, 2.45) is 0 Å². The molecule has 63 heavy (non-hydrogen) atoms. The number of hydrogen-bond acceptors (Lipinski definition) is 4. The number of rotatable bonds is 4. The molecule has 19 heteroatoms. The van der Waals surface area contributed by atoms with Gasteiger partial charge in [-0.1, -0.05) is 24.8 Å². The van der Waals surface area contributed by atoms with E-state index >= 15 is 0 Å². The van der Waals surface area contributed by atoms with Crippen molar-refractivity contribution in [2.45, 2.75) is 157 Å². The number of halogens is 2. The second kappa shape index (κ2) is 34.3. The zero-order chi connectivity index (χ0) is 42.7. The van der Waals surface area contributed by atoms with Crippen LogP contribution in [0.4, 0.5) is 0 Å². The molecule has 4 aliphatic heterocycles. The molecule has 0 atom stereocenters. The Morgan fingerprint density at radius 1 is 0.365 bits per heavy atom. The van der Waals surface area contributed by atoms with Gasteiger partial charge in [0.1, 0.15) is 0 Å². The fourth-order valence-corrected chi connectivity index (χ4v) is 6.06. The van der Waals surface area contributed by atoms with Crippen LogP contribution in [0.1, 0.15) is 134 Å². The van der Waals surface area contributed by atoms with Crippen LogP contribution in [0.5, 0.6) is 0 Å². The summed E-state index contributed by atoms with van der Waals surface area (Å²) in [4.78, 5) is 0. The molecule has 0 N–H and O–H groups in total. The van der Waals surface area contributed by atoms with Crippen molar-refractivity contribution < 1.29 is 140 Å². The molecule has 0 aliphatic carbocycles. The molecule has 4 aliphatic rings. The van der Waals surface area contributed by atoms with Crippen LogP contribution in [0.15, 0.2) is 49.6 Å². The SMILES string of the molecule is C1CCOC1.C1CCOC1.C1CCOC1.C1CCOC1.CC(C)(C)n1[c-][n+]([BH2-][n+]2[c-]n(C(C)(C)C)cc2)cc1.CC(C)(C)n1[c-][n+]([BH2-][n+]2[c-]n(C(C)(C)C)cc2)cc1.[Fe+2].[I-].[I-].[Li+].[Li+]. The number of nitrogens with zero attached hydrogens (tertiary/aromatic N) is 8. The van der Waals surface area contributed by atoms with E-state index in [9.17, 15) is 0 Å². The smallest absolute Gasteiger partial charge is 1.00 e. The van der Waals surface area contributed by atoms with Gasteiger partial charge in [0, 0.05) is 52.9 Å². The Hall–Kier alpha value is -0.0158. The third kappa shape index (κ3) is 28.8. The summed E-state index contributed by atoms with van der Waals surface area (Å²) >= 11 is 0. The van der Waals surface area contributed by atoms with Gasteiger partial charge in [-0.3, -0.25) is 0 Å². The van der Waals surface area contributed by atoms with Crippen molar-refractivity contribution in [1.29, 1.82) is 0 Å². The first kappa shape index (κ1) is 67.3. The first-order chi connectivity index (χ1) is 27.3. The standard InChI is InChI=1S/2C14H24BN4.4C4H8O.Fe.2HI.2Li/c2*1-13(2,3)16-7-9-18(11-16)15-19-10-8-17(12-19)14(4,5)6;4*1-2-4-5-3-1;;;;;/h2*7-10H,15H2,1-6H3;4*1-4H2;;2*1H;;/q2*-1;;;;;+2;;;2*+1/p-2. The van der Waals surface area contributed by atoms with Crippen LogP contribution in [0.25, 0.3) is 0 Å². The third-order valence-electron chi connectivity index (χ3n) is 9.88. The second-order valence-corrected chi connectivity index (χ2v) is 19.9. The normalized spacial score (nSPS) is 15.4. The number of ether oxygens (including phenoxy) is 4. The third-order valence-corrected chi connectivity index (χ3v) is 9.88. The summed E-state index contributed by atoms with van der Waals surface area (Å²) < 4.78 is 36.9. The van der Waals surface area contributed by atoms with Crippen LogP contribution in [-0.4, -0.2) is 86.2 Å². The van der Waals surface area contributed by atoms with E-state index in [-0.39, 0.29) is 125 Å². The Labute approximate surface area is 453 Å². The number of aromatic nitrogens is 8. The maximum atomic E-state index is 4.94. The van der Waals surface area contributed by atoms with Crippen LogP contribution >= 0.6 is 0 Å². The van der Waals surface area contributed by atoms with Gasteiger partial charge >= 0.3 is 69.9 Å². The minimum absolute atomic E-state index is 0. The second-order valence-electron chi connectivity index (χ2n) is 19.9. The van der Waals surface area contributed by atoms with Crippen molar-refractivity contribution >= 4 is 15.1 Å². The summed E-state index contributed by atoms with van der Waals surface area (Å²) in [5.74, 6) is 0. The first-order valence-corrected chi connectivity index (χ1v) is 22.2. The van der Waals surface area contributed by atoms with Crippen LogP contribution in [-0.2, 0) is 58.2 Å². The Balaban J connectivity index is -0.000000752. The molecule has 4 saturated heterocycles. The molecule has 8 heterocycles. The Kier molecular flexibility index (Phi) is 36.6. The average molecular weight is 1130 g/mol. The van der Waals surface area contributed by atoms with Crippen LogP contribution in [0.2, 0.25) is 0 Å². The summed E-state index contributed by atoms with van der Waals surface area (Å²) in [5, 5.41) is 0. The van der Waals surface area contributed by atoms with Gasteiger partial charge in [0.05, 0.1) is 22.2 Å². The van der Waals surface area contributed by atoms with E-state index in [2.05, 4.69) is 194 Å². The molecule has 4 aromatic heterocycles. The van der Waals surface area contributed by atoms with Crippen LogP contribution in [0.3, 0.4) is 0 Å². The molecule has 0 bridgehead atoms. The van der Waals surface area contributed by atoms with E-state index in [0.717, 1.165) is 52.9 Å². The largest absolute Gasteiger partial charge is 2.00 e. The van der Waals surface area contributed by atoms with Crippen LogP contribution < -0.4 is 104 Å². The molecule has 0 amide bonds. The van der Waals surface area contributed by atoms with Crippen molar-refractivity contribution in [3.63, 3.8) is 0 Å². The van der Waals surface area contributed by atoms with Gasteiger partial charge in [-0.25, -0.2) is 0 Å². The van der Waals surface area contributed by atoms with Crippen molar-refractivity contribution in [2.75, 3.05) is 52.9 Å². The van der Waals surface area contributed by atoms with E-state index in [0.29, 0.717) is 0 Å². The molecule has 0 aromatic carbocycles. The molecule has 0 unspecified atom stereocenters. The van der Waals surface area contributed by atoms with Crippen LogP contribution in [0, 0.1) is 25.3 Å². The summed E-state index contributed by atoms with van der Waals surface area (Å²) in [6, 6.07) is 0. The summed E-state index contributed by atoms with van der Waals surface area (Å²) in [5.41, 5.74) is 0.346. The molecule has 4 aromatic rings. The van der Waals surface area contributed by atoms with Gasteiger partial charge in [-0.05, 0) is 159 Å². The molecule has 0 saturated carbocycles. The quantitative estimate of drug-likeness (QED) is 0.116. The molecular formula is C44H80B2FeI2Li2N8O4. The van der Waals surface area contributed by atoms with E-state index in [1.807, 2.05) is 0 Å². The zero-order valence-corrected chi connectivity index (χ0v) is 47.7. The predicted octanol–water partition coefficient (Wildman–Crippen LogP) is -8.06. The summed E-state index contributed by atoms with van der Waals surface area (Å²) in [6.07, 6.45) is 40.5. The van der Waals surface area contributed by atoms with Gasteiger partial charge in [0.2, 0.25) is 0 Å². The molecule has 8 rings (SSSR count). The topological polar surface area (TPSA) is 72.2 Å². The minimum Gasteiger partial charge on any atom is -1.00 e. The summed E-state index contributed by atoms with van der Waals surface area (Å²) in [6.45, 7) is 34.2. The first-order valence-electron chi connectivity index (χ1n) is 22.2. The van der Waals surface area contributed by atoms with Gasteiger partial charge in [0.25, 0.3) is 0 Å². The Morgan fingerprint density at radius 2 is 0.524 bits per heavy atom. The van der Waals surface area contributed by atoms with Crippen molar-refractivity contribution in [3.8, 4) is 0 Å². The van der Waals surface area contributed by atoms with Gasteiger partial charge in [-0.2, -0.15) is 0 Å². The van der Waals surface area contributed by atoms with E-state index < -0.39 is 15.1 Å².